The highest BCUT2D eigenvalue weighted by Crippen LogP contribution is 2.10. The lowest BCUT2D eigenvalue weighted by Crippen LogP contribution is -2.07. The molecule has 1 heterocycles. The summed E-state index contributed by atoms with van der Waals surface area (Å²) in [6.07, 6.45) is 6.56. The molecule has 1 aromatic heterocycles. The fourth-order valence-electron chi connectivity index (χ4n) is 1.01. The third-order valence-electron chi connectivity index (χ3n) is 1.64. The van der Waals surface area contributed by atoms with Gasteiger partial charge >= 0.3 is 0 Å². The molecule has 1 rings (SSSR count). The van der Waals surface area contributed by atoms with Crippen LogP contribution in [0.5, 0.6) is 0 Å². The van der Waals surface area contributed by atoms with Crippen LogP contribution in [0.3, 0.4) is 0 Å². The number of hydrogen-bond acceptors (Lipinski definition) is 4. The van der Waals surface area contributed by atoms with E-state index in [0.29, 0.717) is 16.6 Å². The number of rotatable bonds is 5. The van der Waals surface area contributed by atoms with Crippen LogP contribution in [-0.2, 0) is 0 Å². The molecule has 1 N–H and O–H groups in total. The summed E-state index contributed by atoms with van der Waals surface area (Å²) in [5.41, 5.74) is 0.540. The number of thioether (sulfide) groups is 1. The highest BCUT2D eigenvalue weighted by molar-refractivity contribution is 7.99. The molecule has 0 radical (unpaired) electrons. The number of hydrogen-bond donors (Lipinski definition) is 1. The molecule has 0 aliphatic carbocycles. The van der Waals surface area contributed by atoms with Crippen LogP contribution >= 0.6 is 11.8 Å². The monoisotopic (exact) mass is 253 g/mol. The van der Waals surface area contributed by atoms with Crippen LogP contribution in [0.1, 0.15) is 5.69 Å². The van der Waals surface area contributed by atoms with E-state index in [4.69, 9.17) is 0 Å². The molecule has 90 valence electrons. The Morgan fingerprint density at radius 2 is 2.41 bits per heavy atom. The predicted molar refractivity (Wildman–Crippen MR) is 68.2 cm³/mol. The molecule has 17 heavy (non-hydrogen) atoms. The van der Waals surface area contributed by atoms with E-state index in [1.807, 2.05) is 6.08 Å². The minimum atomic E-state index is -0.152. The number of aromatic amines is 1. The van der Waals surface area contributed by atoms with Crippen LogP contribution in [-0.4, -0.2) is 22.2 Å². The molecule has 0 aliphatic rings. The van der Waals surface area contributed by atoms with Crippen molar-refractivity contribution in [2.24, 2.45) is 4.99 Å². The van der Waals surface area contributed by atoms with Crippen molar-refractivity contribution < 1.29 is 4.39 Å². The summed E-state index contributed by atoms with van der Waals surface area (Å²) in [6.45, 7) is 1.99. The molecule has 0 unspecified atom stereocenters. The van der Waals surface area contributed by atoms with Gasteiger partial charge in [-0.1, -0.05) is 23.9 Å². The van der Waals surface area contributed by atoms with Crippen molar-refractivity contribution in [3.63, 3.8) is 0 Å². The molecule has 0 bridgehead atoms. The fourth-order valence-corrected chi connectivity index (χ4v) is 1.76. The quantitative estimate of drug-likeness (QED) is 0.379. The first-order chi connectivity index (χ1) is 8.22. The van der Waals surface area contributed by atoms with Crippen LogP contribution in [0, 0.1) is 6.92 Å². The van der Waals surface area contributed by atoms with Gasteiger partial charge in [-0.15, -0.1) is 0 Å². The number of aryl methyl sites for hydroxylation is 1. The number of halogens is 1. The van der Waals surface area contributed by atoms with E-state index in [9.17, 15) is 9.18 Å². The van der Waals surface area contributed by atoms with Crippen molar-refractivity contribution in [3.8, 4) is 0 Å². The zero-order valence-electron chi connectivity index (χ0n) is 9.26. The van der Waals surface area contributed by atoms with Gasteiger partial charge in [-0.3, -0.25) is 4.79 Å². The van der Waals surface area contributed by atoms with Gasteiger partial charge in [0, 0.05) is 23.7 Å². The maximum absolute atomic E-state index is 11.5. The van der Waals surface area contributed by atoms with E-state index >= 15 is 0 Å². The molecule has 6 heteroatoms. The first-order valence-electron chi connectivity index (χ1n) is 4.86. The van der Waals surface area contributed by atoms with Gasteiger partial charge in [0.25, 0.3) is 5.56 Å². The molecule has 0 amide bonds. The van der Waals surface area contributed by atoms with Crippen molar-refractivity contribution in [1.29, 1.82) is 0 Å². The van der Waals surface area contributed by atoms with Gasteiger partial charge in [-0.25, -0.2) is 9.98 Å². The van der Waals surface area contributed by atoms with Crippen molar-refractivity contribution in [3.05, 3.63) is 46.5 Å². The Bertz CT molecular complexity index is 494. The molecule has 0 spiro atoms. The number of allylic oxidation sites excluding steroid dienone is 2. The normalized spacial score (nSPS) is 12.1. The standard InChI is InChI=1S/C11H12FN3OS/c1-9-7-10(16)15-11(14-9)17-6-4-2-3-5-13-8-12/h2-5,7-8H,6H2,1H3,(H,14,15,16)/b4-2+,5-3-,13-8?. The lowest BCUT2D eigenvalue weighted by Gasteiger charge is -1.97. The fraction of sp³-hybridized carbons (Fsp3) is 0.182. The van der Waals surface area contributed by atoms with Crippen molar-refractivity contribution in [2.45, 2.75) is 12.1 Å². The average Bonchev–Trinajstić information content (AvgIpc) is 2.26. The van der Waals surface area contributed by atoms with Gasteiger partial charge < -0.3 is 4.98 Å². The van der Waals surface area contributed by atoms with Crippen molar-refractivity contribution in [2.75, 3.05) is 5.75 Å². The molecule has 4 nitrogen and oxygen atoms in total. The van der Waals surface area contributed by atoms with Crippen LogP contribution < -0.4 is 5.56 Å². The van der Waals surface area contributed by atoms with Crippen molar-refractivity contribution in [1.82, 2.24) is 9.97 Å². The highest BCUT2D eigenvalue weighted by Gasteiger charge is 1.96. The first kappa shape index (κ1) is 13.4. The Morgan fingerprint density at radius 3 is 3.12 bits per heavy atom. The topological polar surface area (TPSA) is 58.1 Å². The smallest absolute Gasteiger partial charge is 0.251 e. The molecule has 0 aliphatic heterocycles. The predicted octanol–water partition coefficient (Wildman–Crippen LogP) is 2.24. The highest BCUT2D eigenvalue weighted by atomic mass is 32.2. The molecule has 0 aromatic carbocycles. The lowest BCUT2D eigenvalue weighted by atomic mass is 10.5. The van der Waals surface area contributed by atoms with E-state index in [1.165, 1.54) is 24.0 Å². The number of H-pyrrole nitrogens is 1. The molecule has 0 fully saturated rings. The minimum absolute atomic E-state index is 0.152. The Hall–Kier alpha value is -1.69. The number of nitrogens with one attached hydrogen (secondary N) is 1. The molecular formula is C11H12FN3OS. The largest absolute Gasteiger partial charge is 0.301 e. The second kappa shape index (κ2) is 7.56. The summed E-state index contributed by atoms with van der Waals surface area (Å²) >= 11 is 1.41. The van der Waals surface area contributed by atoms with Crippen molar-refractivity contribution >= 4 is 18.2 Å². The first-order valence-corrected chi connectivity index (χ1v) is 5.85. The molecule has 0 saturated carbocycles. The van der Waals surface area contributed by atoms with Gasteiger partial charge in [0.1, 0.15) is 0 Å². The Balaban J connectivity index is 2.43. The van der Waals surface area contributed by atoms with E-state index in [2.05, 4.69) is 15.0 Å². The summed E-state index contributed by atoms with van der Waals surface area (Å²) in [5, 5.41) is 0.588. The van der Waals surface area contributed by atoms with Crippen LogP contribution in [0.2, 0.25) is 0 Å². The maximum atomic E-state index is 11.5. The van der Waals surface area contributed by atoms with E-state index in [0.717, 1.165) is 0 Å². The number of nitrogens with zero attached hydrogens (tertiary/aromatic N) is 2. The summed E-state index contributed by atoms with van der Waals surface area (Å²) in [5.74, 6) is 0.663. The van der Waals surface area contributed by atoms with Crippen LogP contribution in [0.15, 0.2) is 45.4 Å². The molecule has 1 aromatic rings. The summed E-state index contributed by atoms with van der Waals surface area (Å²) in [6, 6.07) is 1.44. The molecule has 0 atom stereocenters. The van der Waals surface area contributed by atoms with Gasteiger partial charge in [0.05, 0.1) is 0 Å². The summed E-state index contributed by atoms with van der Waals surface area (Å²) in [4.78, 5) is 21.2. The second-order valence-electron chi connectivity index (χ2n) is 3.02. The lowest BCUT2D eigenvalue weighted by molar-refractivity contribution is 0.841. The minimum Gasteiger partial charge on any atom is -0.301 e. The Kier molecular flexibility index (Phi) is 5.95. The van der Waals surface area contributed by atoms with Gasteiger partial charge in [0.15, 0.2) is 11.6 Å². The van der Waals surface area contributed by atoms with E-state index < -0.39 is 0 Å². The Morgan fingerprint density at radius 1 is 1.59 bits per heavy atom. The third-order valence-corrected chi connectivity index (χ3v) is 2.47. The molecule has 0 saturated heterocycles. The van der Waals surface area contributed by atoms with E-state index in [-0.39, 0.29) is 12.0 Å². The summed E-state index contributed by atoms with van der Waals surface area (Å²) in [7, 11) is 0. The van der Waals surface area contributed by atoms with Gasteiger partial charge in [-0.05, 0) is 13.0 Å². The van der Waals surface area contributed by atoms with Crippen LogP contribution in [0.25, 0.3) is 0 Å². The van der Waals surface area contributed by atoms with Gasteiger partial charge in [-0.2, -0.15) is 4.39 Å². The second-order valence-corrected chi connectivity index (χ2v) is 4.03. The number of aliphatic imine (C=N–C) groups is 1. The zero-order chi connectivity index (χ0) is 12.5. The zero-order valence-corrected chi connectivity index (χ0v) is 10.1. The summed E-state index contributed by atoms with van der Waals surface area (Å²) < 4.78 is 11.5. The van der Waals surface area contributed by atoms with Gasteiger partial charge in [0.2, 0.25) is 0 Å². The van der Waals surface area contributed by atoms with Crippen LogP contribution in [0.4, 0.5) is 4.39 Å². The average molecular weight is 253 g/mol. The SMILES string of the molecule is Cc1cc(=O)[nH]c(SC/C=C/C=C\N=CF)n1. The number of aromatic nitrogens is 2. The molecular weight excluding hydrogens is 241 g/mol. The van der Waals surface area contributed by atoms with E-state index in [1.54, 1.807) is 19.1 Å². The maximum Gasteiger partial charge on any atom is 0.251 e. The third kappa shape index (κ3) is 5.82. The Labute approximate surface area is 102 Å².